The van der Waals surface area contributed by atoms with Crippen LogP contribution in [0, 0.1) is 0 Å². The Morgan fingerprint density at radius 1 is 1.00 bits per heavy atom. The van der Waals surface area contributed by atoms with Gasteiger partial charge in [0.15, 0.2) is 16.8 Å². The van der Waals surface area contributed by atoms with Crippen LogP contribution in [-0.4, -0.2) is 48.3 Å². The SMILES string of the molecule is CN1CCN(c2ccc(-c3cc(=O)c4c(O)cc(O)c(OCc5ccco5)c4o3)cc2)CC1. The summed E-state index contributed by atoms with van der Waals surface area (Å²) in [5.74, 6) is 0.0990. The van der Waals surface area contributed by atoms with E-state index in [1.54, 1.807) is 12.1 Å². The molecular formula is C25H24N2O6. The van der Waals surface area contributed by atoms with Gasteiger partial charge < -0.3 is 33.6 Å². The number of hydrogen-bond acceptors (Lipinski definition) is 8. The van der Waals surface area contributed by atoms with Gasteiger partial charge in [-0.2, -0.15) is 0 Å². The smallest absolute Gasteiger partial charge is 0.205 e. The van der Waals surface area contributed by atoms with Crippen molar-refractivity contribution in [3.63, 3.8) is 0 Å². The molecule has 170 valence electrons. The van der Waals surface area contributed by atoms with Gasteiger partial charge in [0.05, 0.1) is 6.26 Å². The van der Waals surface area contributed by atoms with Gasteiger partial charge in [0.1, 0.15) is 29.3 Å². The van der Waals surface area contributed by atoms with Crippen LogP contribution in [0.1, 0.15) is 5.76 Å². The first-order valence-electron chi connectivity index (χ1n) is 10.7. The highest BCUT2D eigenvalue weighted by Gasteiger charge is 2.20. The minimum Gasteiger partial charge on any atom is -0.507 e. The number of anilines is 1. The lowest BCUT2D eigenvalue weighted by atomic mass is 10.1. The van der Waals surface area contributed by atoms with Crippen LogP contribution in [0.3, 0.4) is 0 Å². The van der Waals surface area contributed by atoms with Crippen LogP contribution in [-0.2, 0) is 6.61 Å². The van der Waals surface area contributed by atoms with E-state index in [4.69, 9.17) is 13.6 Å². The number of fused-ring (bicyclic) bond motifs is 1. The lowest BCUT2D eigenvalue weighted by molar-refractivity contribution is 0.258. The van der Waals surface area contributed by atoms with Crippen molar-refractivity contribution >= 4 is 16.7 Å². The molecule has 0 saturated carbocycles. The maximum absolute atomic E-state index is 12.8. The molecule has 0 amide bonds. The van der Waals surface area contributed by atoms with Crippen LogP contribution in [0.5, 0.6) is 17.2 Å². The number of benzene rings is 2. The largest absolute Gasteiger partial charge is 0.507 e. The first-order valence-corrected chi connectivity index (χ1v) is 10.7. The van der Waals surface area contributed by atoms with E-state index in [1.807, 2.05) is 24.3 Å². The molecule has 4 aromatic rings. The lowest BCUT2D eigenvalue weighted by Crippen LogP contribution is -2.44. The minimum atomic E-state index is -0.435. The van der Waals surface area contributed by atoms with Gasteiger partial charge in [-0.25, -0.2) is 0 Å². The third kappa shape index (κ3) is 4.12. The maximum atomic E-state index is 12.8. The Morgan fingerprint density at radius 2 is 1.76 bits per heavy atom. The number of hydrogen-bond donors (Lipinski definition) is 2. The molecule has 2 N–H and O–H groups in total. The van der Waals surface area contributed by atoms with Crippen LogP contribution < -0.4 is 15.1 Å². The van der Waals surface area contributed by atoms with E-state index in [0.29, 0.717) is 17.1 Å². The average Bonchev–Trinajstić information content (AvgIpc) is 3.33. The van der Waals surface area contributed by atoms with Gasteiger partial charge in [-0.05, 0) is 43.4 Å². The summed E-state index contributed by atoms with van der Waals surface area (Å²) < 4.78 is 17.0. The Morgan fingerprint density at radius 3 is 2.45 bits per heavy atom. The number of rotatable bonds is 5. The number of phenols is 2. The Kier molecular flexibility index (Phi) is 5.43. The molecule has 0 bridgehead atoms. The number of piperazine rings is 1. The van der Waals surface area contributed by atoms with Gasteiger partial charge in [-0.3, -0.25) is 4.79 Å². The quantitative estimate of drug-likeness (QED) is 0.476. The number of ether oxygens (including phenoxy) is 1. The van der Waals surface area contributed by atoms with Crippen molar-refractivity contribution in [3.05, 3.63) is 70.8 Å². The van der Waals surface area contributed by atoms with Crippen molar-refractivity contribution < 1.29 is 23.8 Å². The molecule has 0 atom stereocenters. The third-order valence-corrected chi connectivity index (χ3v) is 5.88. The van der Waals surface area contributed by atoms with Crippen LogP contribution in [0.2, 0.25) is 0 Å². The molecule has 2 aromatic carbocycles. The molecule has 5 rings (SSSR count). The highest BCUT2D eigenvalue weighted by Crippen LogP contribution is 2.41. The summed E-state index contributed by atoms with van der Waals surface area (Å²) in [5.41, 5.74) is 1.35. The second-order valence-corrected chi connectivity index (χ2v) is 8.13. The van der Waals surface area contributed by atoms with Gasteiger partial charge in [0.25, 0.3) is 0 Å². The summed E-state index contributed by atoms with van der Waals surface area (Å²) >= 11 is 0. The highest BCUT2D eigenvalue weighted by atomic mass is 16.5. The van der Waals surface area contributed by atoms with E-state index in [9.17, 15) is 15.0 Å². The van der Waals surface area contributed by atoms with Gasteiger partial charge in [-0.1, -0.05) is 0 Å². The number of nitrogens with zero attached hydrogens (tertiary/aromatic N) is 2. The predicted octanol–water partition coefficient (Wildman–Crippen LogP) is 3.80. The van der Waals surface area contributed by atoms with Crippen LogP contribution in [0.25, 0.3) is 22.3 Å². The third-order valence-electron chi connectivity index (χ3n) is 5.88. The standard InChI is InChI=1S/C25H24N2O6/c1-26-8-10-27(11-9-26)17-6-4-16(5-7-17)22-14-20(29)23-19(28)13-21(30)24(25(23)33-22)32-15-18-3-2-12-31-18/h2-7,12-14,28,30H,8-11,15H2,1H3. The summed E-state index contributed by atoms with van der Waals surface area (Å²) in [4.78, 5) is 17.5. The Bertz CT molecular complexity index is 1320. The zero-order chi connectivity index (χ0) is 22.9. The molecule has 0 aliphatic carbocycles. The molecule has 8 heteroatoms. The molecule has 8 nitrogen and oxygen atoms in total. The number of furan rings is 1. The molecule has 33 heavy (non-hydrogen) atoms. The number of phenolic OH excluding ortho intramolecular Hbond substituents is 2. The molecule has 1 saturated heterocycles. The van der Waals surface area contributed by atoms with E-state index in [1.165, 1.54) is 12.3 Å². The molecular weight excluding hydrogens is 424 g/mol. The van der Waals surface area contributed by atoms with E-state index < -0.39 is 5.43 Å². The van der Waals surface area contributed by atoms with Crippen LogP contribution in [0.15, 0.2) is 68.4 Å². The Hall–Kier alpha value is -3.91. The molecule has 1 aliphatic heterocycles. The second kappa shape index (κ2) is 8.55. The second-order valence-electron chi connectivity index (χ2n) is 8.13. The van der Waals surface area contributed by atoms with Crippen LogP contribution in [0.4, 0.5) is 5.69 Å². The van der Waals surface area contributed by atoms with Crippen molar-refractivity contribution in [2.45, 2.75) is 6.61 Å². The lowest BCUT2D eigenvalue weighted by Gasteiger charge is -2.34. The van der Waals surface area contributed by atoms with Gasteiger partial charge >= 0.3 is 0 Å². The molecule has 1 aliphatic rings. The van der Waals surface area contributed by atoms with Gasteiger partial charge in [0.2, 0.25) is 5.75 Å². The number of likely N-dealkylation sites (N-methyl/N-ethyl adjacent to an activating group) is 1. The van der Waals surface area contributed by atoms with Crippen molar-refractivity contribution in [3.8, 4) is 28.6 Å². The highest BCUT2D eigenvalue weighted by molar-refractivity contribution is 5.91. The predicted molar refractivity (Wildman–Crippen MR) is 124 cm³/mol. The Balaban J connectivity index is 1.51. The van der Waals surface area contributed by atoms with Crippen molar-refractivity contribution in [2.24, 2.45) is 0 Å². The first-order chi connectivity index (χ1) is 16.0. The summed E-state index contributed by atoms with van der Waals surface area (Å²) in [7, 11) is 2.12. The molecule has 0 spiro atoms. The van der Waals surface area contributed by atoms with Crippen molar-refractivity contribution in [1.82, 2.24) is 4.90 Å². The molecule has 0 radical (unpaired) electrons. The Labute approximate surface area is 189 Å². The minimum absolute atomic E-state index is 0.0219. The van der Waals surface area contributed by atoms with Gasteiger partial charge in [-0.15, -0.1) is 0 Å². The molecule has 3 heterocycles. The zero-order valence-corrected chi connectivity index (χ0v) is 18.2. The normalized spacial score (nSPS) is 14.6. The monoisotopic (exact) mass is 448 g/mol. The molecule has 1 fully saturated rings. The topological polar surface area (TPSA) is 99.5 Å². The van der Waals surface area contributed by atoms with Gasteiger partial charge in [0, 0.05) is 49.6 Å². The summed E-state index contributed by atoms with van der Waals surface area (Å²) in [5, 5.41) is 20.6. The fourth-order valence-electron chi connectivity index (χ4n) is 4.00. The molecule has 0 unspecified atom stereocenters. The fourth-order valence-corrected chi connectivity index (χ4v) is 4.00. The van der Waals surface area contributed by atoms with Crippen LogP contribution >= 0.6 is 0 Å². The van der Waals surface area contributed by atoms with E-state index >= 15 is 0 Å². The summed E-state index contributed by atoms with van der Waals surface area (Å²) in [6, 6.07) is 13.6. The van der Waals surface area contributed by atoms with E-state index in [0.717, 1.165) is 37.9 Å². The fraction of sp³-hybridized carbons (Fsp3) is 0.240. The number of aromatic hydroxyl groups is 2. The average molecular weight is 448 g/mol. The maximum Gasteiger partial charge on any atom is 0.205 e. The van der Waals surface area contributed by atoms with Crippen molar-refractivity contribution in [2.75, 3.05) is 38.1 Å². The summed E-state index contributed by atoms with van der Waals surface area (Å²) in [6.07, 6.45) is 1.51. The van der Waals surface area contributed by atoms with E-state index in [-0.39, 0.29) is 34.8 Å². The van der Waals surface area contributed by atoms with E-state index in [2.05, 4.69) is 16.8 Å². The summed E-state index contributed by atoms with van der Waals surface area (Å²) in [6.45, 7) is 3.95. The van der Waals surface area contributed by atoms with Crippen molar-refractivity contribution in [1.29, 1.82) is 0 Å². The molecule has 2 aromatic heterocycles. The zero-order valence-electron chi connectivity index (χ0n) is 18.2. The first kappa shape index (κ1) is 21.0.